The number of hydrogen-bond donors (Lipinski definition) is 1. The standard InChI is InChI=1S/C22H36O3/c1-14(23)18-6-7-19-17-5-4-15-12-16(24)8-11-22(15,13-25-3)20(17)9-10-21(18,19)2/h15-20,24H,4-13H2,1-3H3/t15-,16+,17?,18+,19-,20-,21+,22?/m0/s1. The van der Waals surface area contributed by atoms with Gasteiger partial charge in [0.15, 0.2) is 0 Å². The molecule has 0 radical (unpaired) electrons. The molecule has 2 unspecified atom stereocenters. The number of carbonyl (C=O) groups excluding carboxylic acids is 1. The molecule has 0 amide bonds. The highest BCUT2D eigenvalue weighted by Gasteiger charge is 2.62. The van der Waals surface area contributed by atoms with Crippen molar-refractivity contribution in [3.05, 3.63) is 0 Å². The van der Waals surface area contributed by atoms with Crippen molar-refractivity contribution in [3.63, 3.8) is 0 Å². The average molecular weight is 349 g/mol. The second kappa shape index (κ2) is 6.34. The molecule has 0 bridgehead atoms. The summed E-state index contributed by atoms with van der Waals surface area (Å²) in [4.78, 5) is 12.2. The maximum Gasteiger partial charge on any atom is 0.133 e. The van der Waals surface area contributed by atoms with Crippen LogP contribution in [0.25, 0.3) is 0 Å². The summed E-state index contributed by atoms with van der Waals surface area (Å²) < 4.78 is 5.79. The minimum atomic E-state index is -0.103. The Hall–Kier alpha value is -0.410. The molecule has 1 N–H and O–H groups in total. The van der Waals surface area contributed by atoms with E-state index < -0.39 is 0 Å². The van der Waals surface area contributed by atoms with Crippen LogP contribution in [0.2, 0.25) is 0 Å². The van der Waals surface area contributed by atoms with E-state index in [1.807, 2.05) is 14.0 Å². The van der Waals surface area contributed by atoms with Crippen LogP contribution in [0.4, 0.5) is 0 Å². The quantitative estimate of drug-likeness (QED) is 0.830. The molecule has 0 saturated heterocycles. The summed E-state index contributed by atoms with van der Waals surface area (Å²) >= 11 is 0. The number of ether oxygens (including phenoxy) is 1. The summed E-state index contributed by atoms with van der Waals surface area (Å²) in [5.74, 6) is 3.58. The number of aliphatic hydroxyl groups excluding tert-OH is 1. The van der Waals surface area contributed by atoms with E-state index in [0.717, 1.165) is 50.0 Å². The molecule has 4 rings (SSSR count). The van der Waals surface area contributed by atoms with Gasteiger partial charge in [0.1, 0.15) is 5.78 Å². The van der Waals surface area contributed by atoms with Gasteiger partial charge in [-0.25, -0.2) is 0 Å². The summed E-state index contributed by atoms with van der Waals surface area (Å²) in [5.41, 5.74) is 0.523. The summed E-state index contributed by atoms with van der Waals surface area (Å²) in [7, 11) is 1.86. The molecule has 4 aliphatic rings. The largest absolute Gasteiger partial charge is 0.393 e. The zero-order valence-electron chi connectivity index (χ0n) is 16.3. The fourth-order valence-corrected chi connectivity index (χ4v) is 8.24. The van der Waals surface area contributed by atoms with Crippen LogP contribution in [0.15, 0.2) is 0 Å². The molecule has 142 valence electrons. The summed E-state index contributed by atoms with van der Waals surface area (Å²) in [5, 5.41) is 10.2. The SMILES string of the molecule is COCC12CC[C@@H](O)C[C@@H]1CCC1[C@@H]2CC[C@]2(C)[C@@H](C(C)=O)CC[C@@H]12. The van der Waals surface area contributed by atoms with Gasteiger partial charge in [-0.2, -0.15) is 0 Å². The van der Waals surface area contributed by atoms with Crippen LogP contribution in [-0.2, 0) is 9.53 Å². The van der Waals surface area contributed by atoms with Gasteiger partial charge in [-0.15, -0.1) is 0 Å². The Balaban J connectivity index is 1.64. The highest BCUT2D eigenvalue weighted by molar-refractivity contribution is 5.79. The minimum absolute atomic E-state index is 0.103. The van der Waals surface area contributed by atoms with Crippen LogP contribution in [0, 0.1) is 40.4 Å². The van der Waals surface area contributed by atoms with Gasteiger partial charge in [0.2, 0.25) is 0 Å². The molecule has 0 aromatic carbocycles. The third-order valence-corrected chi connectivity index (χ3v) is 9.24. The molecule has 4 fully saturated rings. The number of Topliss-reactive ketones (excluding diaryl/α,β-unsaturated/α-hetero) is 1. The average Bonchev–Trinajstić information content (AvgIpc) is 2.93. The van der Waals surface area contributed by atoms with Gasteiger partial charge in [0.25, 0.3) is 0 Å². The Labute approximate surface area is 152 Å². The lowest BCUT2D eigenvalue weighted by Gasteiger charge is -2.61. The van der Waals surface area contributed by atoms with Crippen molar-refractivity contribution in [2.45, 2.75) is 77.7 Å². The number of ketones is 1. The van der Waals surface area contributed by atoms with E-state index in [0.29, 0.717) is 17.6 Å². The zero-order chi connectivity index (χ0) is 17.8. The van der Waals surface area contributed by atoms with Gasteiger partial charge in [-0.05, 0) is 99.2 Å². The molecule has 4 aliphatic carbocycles. The van der Waals surface area contributed by atoms with Gasteiger partial charge in [-0.1, -0.05) is 6.92 Å². The van der Waals surface area contributed by atoms with Gasteiger partial charge in [0.05, 0.1) is 12.7 Å². The van der Waals surface area contributed by atoms with Crippen molar-refractivity contribution >= 4 is 5.78 Å². The second-order valence-corrected chi connectivity index (χ2v) is 10.0. The normalized spacial score (nSPS) is 52.2. The van der Waals surface area contributed by atoms with Crippen LogP contribution in [0.5, 0.6) is 0 Å². The van der Waals surface area contributed by atoms with Crippen molar-refractivity contribution in [2.24, 2.45) is 40.4 Å². The Morgan fingerprint density at radius 3 is 2.60 bits per heavy atom. The van der Waals surface area contributed by atoms with Gasteiger partial charge in [-0.3, -0.25) is 4.79 Å². The third kappa shape index (κ3) is 2.56. The molecule has 25 heavy (non-hydrogen) atoms. The molecule has 8 atom stereocenters. The first-order chi connectivity index (χ1) is 11.9. The molecular formula is C22H36O3. The van der Waals surface area contributed by atoms with Crippen LogP contribution in [-0.4, -0.2) is 30.7 Å². The van der Waals surface area contributed by atoms with Crippen LogP contribution < -0.4 is 0 Å². The Morgan fingerprint density at radius 2 is 1.88 bits per heavy atom. The maximum atomic E-state index is 12.2. The molecule has 0 aromatic heterocycles. The zero-order valence-corrected chi connectivity index (χ0v) is 16.3. The highest BCUT2D eigenvalue weighted by Crippen LogP contribution is 2.67. The van der Waals surface area contributed by atoms with Crippen molar-refractivity contribution < 1.29 is 14.6 Å². The summed E-state index contributed by atoms with van der Waals surface area (Å²) in [6, 6.07) is 0. The van der Waals surface area contributed by atoms with E-state index in [1.165, 1.54) is 32.1 Å². The minimum Gasteiger partial charge on any atom is -0.393 e. The van der Waals surface area contributed by atoms with Crippen molar-refractivity contribution in [1.29, 1.82) is 0 Å². The van der Waals surface area contributed by atoms with Crippen molar-refractivity contribution in [2.75, 3.05) is 13.7 Å². The number of carbonyl (C=O) groups is 1. The molecule has 0 aromatic rings. The first kappa shape index (κ1) is 18.0. The first-order valence-electron chi connectivity index (χ1n) is 10.6. The fraction of sp³-hybridized carbons (Fsp3) is 0.955. The molecule has 0 spiro atoms. The van der Waals surface area contributed by atoms with E-state index in [4.69, 9.17) is 4.74 Å². The fourth-order valence-electron chi connectivity index (χ4n) is 8.24. The molecular weight excluding hydrogens is 312 g/mol. The summed E-state index contributed by atoms with van der Waals surface area (Å²) in [6.07, 6.45) is 10.3. The number of methoxy groups -OCH3 is 1. The van der Waals surface area contributed by atoms with Gasteiger partial charge < -0.3 is 9.84 Å². The Bertz CT molecular complexity index is 531. The number of fused-ring (bicyclic) bond motifs is 5. The van der Waals surface area contributed by atoms with Gasteiger partial charge >= 0.3 is 0 Å². The second-order valence-electron chi connectivity index (χ2n) is 10.0. The molecule has 3 nitrogen and oxygen atoms in total. The lowest BCUT2D eigenvalue weighted by molar-refractivity contribution is -0.160. The van der Waals surface area contributed by atoms with Crippen molar-refractivity contribution in [1.82, 2.24) is 0 Å². The van der Waals surface area contributed by atoms with Crippen LogP contribution >= 0.6 is 0 Å². The predicted molar refractivity (Wildman–Crippen MR) is 98.1 cm³/mol. The third-order valence-electron chi connectivity index (χ3n) is 9.24. The smallest absolute Gasteiger partial charge is 0.133 e. The number of hydrogen-bond acceptors (Lipinski definition) is 3. The lowest BCUT2D eigenvalue weighted by atomic mass is 9.44. The molecule has 4 saturated carbocycles. The molecule has 0 aliphatic heterocycles. The predicted octanol–water partition coefficient (Wildman–Crippen LogP) is 4.22. The van der Waals surface area contributed by atoms with E-state index in [2.05, 4.69) is 6.92 Å². The van der Waals surface area contributed by atoms with E-state index in [1.54, 1.807) is 0 Å². The van der Waals surface area contributed by atoms with Crippen molar-refractivity contribution in [3.8, 4) is 0 Å². The van der Waals surface area contributed by atoms with E-state index in [9.17, 15) is 9.90 Å². The van der Waals surface area contributed by atoms with E-state index >= 15 is 0 Å². The lowest BCUT2D eigenvalue weighted by Crippen LogP contribution is -2.57. The Morgan fingerprint density at radius 1 is 1.08 bits per heavy atom. The summed E-state index contributed by atoms with van der Waals surface area (Å²) in [6.45, 7) is 5.11. The highest BCUT2D eigenvalue weighted by atomic mass is 16.5. The molecule has 3 heteroatoms. The van der Waals surface area contributed by atoms with E-state index in [-0.39, 0.29) is 16.9 Å². The number of aliphatic hydroxyl groups is 1. The first-order valence-corrected chi connectivity index (χ1v) is 10.6. The number of rotatable bonds is 3. The van der Waals surface area contributed by atoms with Crippen LogP contribution in [0.1, 0.15) is 71.6 Å². The maximum absolute atomic E-state index is 12.2. The van der Waals surface area contributed by atoms with Gasteiger partial charge in [0, 0.05) is 13.0 Å². The Kier molecular flexibility index (Phi) is 4.56. The topological polar surface area (TPSA) is 46.5 Å². The van der Waals surface area contributed by atoms with Crippen LogP contribution in [0.3, 0.4) is 0 Å². The molecule has 0 heterocycles. The monoisotopic (exact) mass is 348 g/mol.